The molecule has 1 nitrogen and oxygen atoms in total. The second-order valence-corrected chi connectivity index (χ2v) is 3.92. The number of nitrogens with zero attached hydrogens (tertiary/aromatic N) is 1. The number of thioether (sulfide) groups is 1. The van der Waals surface area contributed by atoms with Crippen molar-refractivity contribution >= 4 is 11.8 Å². The van der Waals surface area contributed by atoms with Crippen molar-refractivity contribution in [2.24, 2.45) is 0 Å². The Bertz CT molecular complexity index is 329. The zero-order chi connectivity index (χ0) is 10.9. The average molecular weight is 217 g/mol. The van der Waals surface area contributed by atoms with E-state index in [2.05, 4.69) is 42.4 Å². The van der Waals surface area contributed by atoms with Gasteiger partial charge in [0.2, 0.25) is 0 Å². The van der Waals surface area contributed by atoms with Gasteiger partial charge in [0.25, 0.3) is 0 Å². The van der Waals surface area contributed by atoms with Crippen molar-refractivity contribution in [3.05, 3.63) is 60.4 Å². The Morgan fingerprint density at radius 1 is 0.933 bits per heavy atom. The largest absolute Gasteiger partial charge is 0.265 e. The number of rotatable bonds is 1. The molecule has 2 aromatic rings. The number of aryl methyl sites for hydroxylation is 1. The van der Waals surface area contributed by atoms with Gasteiger partial charge in [-0.05, 0) is 37.4 Å². The van der Waals surface area contributed by atoms with Crippen LogP contribution in [0.4, 0.5) is 0 Å². The van der Waals surface area contributed by atoms with E-state index in [1.165, 1.54) is 10.5 Å². The zero-order valence-corrected chi connectivity index (χ0v) is 9.87. The average Bonchev–Trinajstić information content (AvgIpc) is 2.33. The van der Waals surface area contributed by atoms with Crippen molar-refractivity contribution in [3.63, 3.8) is 0 Å². The summed E-state index contributed by atoms with van der Waals surface area (Å²) in [5, 5.41) is 0. The molecule has 0 saturated carbocycles. The lowest BCUT2D eigenvalue weighted by Gasteiger charge is -1.93. The first-order valence-electron chi connectivity index (χ1n) is 4.78. The highest BCUT2D eigenvalue weighted by atomic mass is 32.2. The molecule has 1 heterocycles. The van der Waals surface area contributed by atoms with Gasteiger partial charge in [-0.15, -0.1) is 11.8 Å². The minimum absolute atomic E-state index is 1.33. The van der Waals surface area contributed by atoms with Crippen LogP contribution in [-0.2, 0) is 0 Å². The van der Waals surface area contributed by atoms with Gasteiger partial charge in [-0.25, -0.2) is 0 Å². The third kappa shape index (κ3) is 5.23. The van der Waals surface area contributed by atoms with Crippen molar-refractivity contribution in [2.75, 3.05) is 6.26 Å². The first kappa shape index (κ1) is 11.8. The molecule has 1 aromatic carbocycles. The molecule has 0 radical (unpaired) electrons. The van der Waals surface area contributed by atoms with Crippen molar-refractivity contribution in [2.45, 2.75) is 11.8 Å². The van der Waals surface area contributed by atoms with Gasteiger partial charge in [-0.2, -0.15) is 0 Å². The Hall–Kier alpha value is -1.28. The number of hydrogen-bond donors (Lipinski definition) is 0. The molecule has 2 heteroatoms. The van der Waals surface area contributed by atoms with Crippen LogP contribution in [0.1, 0.15) is 5.56 Å². The van der Waals surface area contributed by atoms with E-state index in [4.69, 9.17) is 0 Å². The molecule has 2 rings (SSSR count). The number of pyridine rings is 1. The molecule has 0 saturated heterocycles. The van der Waals surface area contributed by atoms with E-state index in [0.717, 1.165) is 0 Å². The molecule has 0 aliphatic carbocycles. The fourth-order valence-electron chi connectivity index (χ4n) is 0.987. The summed E-state index contributed by atoms with van der Waals surface area (Å²) >= 11 is 1.78. The van der Waals surface area contributed by atoms with Crippen molar-refractivity contribution in [1.29, 1.82) is 0 Å². The maximum absolute atomic E-state index is 3.78. The highest BCUT2D eigenvalue weighted by molar-refractivity contribution is 7.98. The summed E-state index contributed by atoms with van der Waals surface area (Å²) in [5.41, 5.74) is 1.33. The molecule has 15 heavy (non-hydrogen) atoms. The Morgan fingerprint density at radius 2 is 1.53 bits per heavy atom. The monoisotopic (exact) mass is 217 g/mol. The molecular formula is C13H15NS. The van der Waals surface area contributed by atoms with Crippen LogP contribution in [0.25, 0.3) is 0 Å². The highest BCUT2D eigenvalue weighted by Crippen LogP contribution is 2.13. The van der Waals surface area contributed by atoms with Gasteiger partial charge in [0.15, 0.2) is 0 Å². The summed E-state index contributed by atoms with van der Waals surface area (Å²) in [7, 11) is 0. The first-order chi connectivity index (χ1) is 7.33. The topological polar surface area (TPSA) is 12.9 Å². The van der Waals surface area contributed by atoms with Crippen LogP contribution in [0.5, 0.6) is 0 Å². The molecule has 0 aliphatic rings. The summed E-state index contributed by atoms with van der Waals surface area (Å²) in [6, 6.07) is 14.3. The molecule has 0 unspecified atom stereocenters. The smallest absolute Gasteiger partial charge is 0.0267 e. The van der Waals surface area contributed by atoms with Crippen LogP contribution >= 0.6 is 11.8 Å². The lowest BCUT2D eigenvalue weighted by atomic mass is 10.2. The SMILES string of the molecule is CSc1ccc(C)cc1.c1ccncc1. The number of benzene rings is 1. The molecule has 0 bridgehead atoms. The van der Waals surface area contributed by atoms with Crippen LogP contribution in [0.2, 0.25) is 0 Å². The fourth-order valence-corrected chi connectivity index (χ4v) is 1.40. The van der Waals surface area contributed by atoms with E-state index >= 15 is 0 Å². The normalized spacial score (nSPS) is 8.93. The summed E-state index contributed by atoms with van der Waals surface area (Å²) < 4.78 is 0. The lowest BCUT2D eigenvalue weighted by molar-refractivity contribution is 1.33. The predicted octanol–water partition coefficient (Wildman–Crippen LogP) is 3.80. The Labute approximate surface area is 95.6 Å². The summed E-state index contributed by atoms with van der Waals surface area (Å²) in [6.45, 7) is 2.10. The van der Waals surface area contributed by atoms with Crippen molar-refractivity contribution in [1.82, 2.24) is 4.98 Å². The van der Waals surface area contributed by atoms with Gasteiger partial charge in [-0.1, -0.05) is 23.8 Å². The van der Waals surface area contributed by atoms with Gasteiger partial charge in [0.05, 0.1) is 0 Å². The third-order valence-electron chi connectivity index (χ3n) is 1.82. The van der Waals surface area contributed by atoms with E-state index in [0.29, 0.717) is 0 Å². The van der Waals surface area contributed by atoms with E-state index in [-0.39, 0.29) is 0 Å². The van der Waals surface area contributed by atoms with E-state index in [1.807, 2.05) is 18.2 Å². The lowest BCUT2D eigenvalue weighted by Crippen LogP contribution is -1.70. The Morgan fingerprint density at radius 3 is 1.87 bits per heavy atom. The quantitative estimate of drug-likeness (QED) is 0.674. The molecule has 0 atom stereocenters. The first-order valence-corrected chi connectivity index (χ1v) is 6.01. The van der Waals surface area contributed by atoms with Crippen LogP contribution in [0, 0.1) is 6.92 Å². The Kier molecular flexibility index (Phi) is 5.56. The Balaban J connectivity index is 0.000000162. The van der Waals surface area contributed by atoms with Gasteiger partial charge >= 0.3 is 0 Å². The second kappa shape index (κ2) is 7.07. The maximum atomic E-state index is 3.78. The van der Waals surface area contributed by atoms with E-state index < -0.39 is 0 Å². The molecule has 0 N–H and O–H groups in total. The number of hydrogen-bond acceptors (Lipinski definition) is 2. The zero-order valence-electron chi connectivity index (χ0n) is 9.05. The molecule has 0 spiro atoms. The summed E-state index contributed by atoms with van der Waals surface area (Å²) in [4.78, 5) is 5.12. The van der Waals surface area contributed by atoms with Gasteiger partial charge in [0.1, 0.15) is 0 Å². The van der Waals surface area contributed by atoms with Crippen LogP contribution in [0.15, 0.2) is 59.8 Å². The third-order valence-corrected chi connectivity index (χ3v) is 2.57. The molecule has 78 valence electrons. The van der Waals surface area contributed by atoms with Crippen molar-refractivity contribution < 1.29 is 0 Å². The molecule has 1 aromatic heterocycles. The van der Waals surface area contributed by atoms with Gasteiger partial charge in [-0.3, -0.25) is 4.98 Å². The van der Waals surface area contributed by atoms with E-state index in [1.54, 1.807) is 24.2 Å². The fraction of sp³-hybridized carbons (Fsp3) is 0.154. The van der Waals surface area contributed by atoms with E-state index in [9.17, 15) is 0 Å². The summed E-state index contributed by atoms with van der Waals surface area (Å²) in [6.07, 6.45) is 5.59. The maximum Gasteiger partial charge on any atom is 0.0267 e. The second-order valence-electron chi connectivity index (χ2n) is 3.04. The van der Waals surface area contributed by atoms with Crippen LogP contribution in [0.3, 0.4) is 0 Å². The highest BCUT2D eigenvalue weighted by Gasteiger charge is 1.85. The molecular weight excluding hydrogens is 202 g/mol. The minimum Gasteiger partial charge on any atom is -0.265 e. The molecule has 0 amide bonds. The van der Waals surface area contributed by atoms with Crippen LogP contribution in [-0.4, -0.2) is 11.2 Å². The minimum atomic E-state index is 1.33. The van der Waals surface area contributed by atoms with Crippen molar-refractivity contribution in [3.8, 4) is 0 Å². The standard InChI is InChI=1S/C8H10S.C5H5N/c1-7-3-5-8(9-2)6-4-7;1-2-4-6-5-3-1/h3-6H,1-2H3;1-5H. The molecule has 0 fully saturated rings. The van der Waals surface area contributed by atoms with Gasteiger partial charge < -0.3 is 0 Å². The summed E-state index contributed by atoms with van der Waals surface area (Å²) in [5.74, 6) is 0. The van der Waals surface area contributed by atoms with Crippen LogP contribution < -0.4 is 0 Å². The predicted molar refractivity (Wildman–Crippen MR) is 67.2 cm³/mol. The van der Waals surface area contributed by atoms with Gasteiger partial charge in [0, 0.05) is 17.3 Å². The molecule has 0 aliphatic heterocycles. The number of aromatic nitrogens is 1.